The van der Waals surface area contributed by atoms with Crippen LogP contribution in [0.15, 0.2) is 58.5 Å². The molecule has 0 N–H and O–H groups in total. The summed E-state index contributed by atoms with van der Waals surface area (Å²) in [5.74, 6) is 2.20. The van der Waals surface area contributed by atoms with E-state index in [1.165, 1.54) is 27.3 Å². The highest BCUT2D eigenvalue weighted by molar-refractivity contribution is 7.99. The minimum atomic E-state index is -0.445. The van der Waals surface area contributed by atoms with Gasteiger partial charge in [-0.1, -0.05) is 30.8 Å². The fourth-order valence-electron chi connectivity index (χ4n) is 4.28. The summed E-state index contributed by atoms with van der Waals surface area (Å²) in [6.45, 7) is 2.66. The summed E-state index contributed by atoms with van der Waals surface area (Å²) in [4.78, 5) is 20.6. The van der Waals surface area contributed by atoms with Gasteiger partial charge in [0, 0.05) is 10.6 Å². The van der Waals surface area contributed by atoms with Crippen LogP contribution in [0.25, 0.3) is 15.9 Å². The number of hydrogen-bond donors (Lipinski definition) is 0. The zero-order valence-corrected chi connectivity index (χ0v) is 20.7. The Labute approximate surface area is 205 Å². The molecule has 5 nitrogen and oxygen atoms in total. The number of aryl methyl sites for hydroxylation is 1. The molecule has 0 fully saturated rings. The lowest BCUT2D eigenvalue weighted by atomic mass is 9.89. The topological polar surface area (TPSA) is 53.4 Å². The predicted molar refractivity (Wildman–Crippen MR) is 136 cm³/mol. The number of methoxy groups -OCH3 is 1. The number of benzene rings is 2. The number of halogens is 1. The molecule has 0 aliphatic heterocycles. The lowest BCUT2D eigenvalue weighted by molar-refractivity contribution is 0.342. The molecule has 4 aromatic rings. The molecular weight excluding hydrogens is 471 g/mol. The molecule has 2 aromatic carbocycles. The third kappa shape index (κ3) is 4.44. The highest BCUT2D eigenvalue weighted by atomic mass is 32.2. The molecule has 0 bridgehead atoms. The number of rotatable bonds is 7. The van der Waals surface area contributed by atoms with Crippen LogP contribution in [-0.2, 0) is 12.8 Å². The van der Waals surface area contributed by atoms with Crippen molar-refractivity contribution in [1.82, 2.24) is 9.55 Å². The Kier molecular flexibility index (Phi) is 6.61. The van der Waals surface area contributed by atoms with Crippen LogP contribution in [0.3, 0.4) is 0 Å². The number of aromatic nitrogens is 2. The van der Waals surface area contributed by atoms with E-state index >= 15 is 0 Å². The molecule has 8 heteroatoms. The van der Waals surface area contributed by atoms with E-state index in [-0.39, 0.29) is 11.2 Å². The first-order valence-electron chi connectivity index (χ1n) is 11.3. The van der Waals surface area contributed by atoms with Gasteiger partial charge in [0.15, 0.2) is 5.16 Å². The van der Waals surface area contributed by atoms with E-state index in [0.29, 0.717) is 28.8 Å². The summed E-state index contributed by atoms with van der Waals surface area (Å²) in [5, 5.41) is 1.13. The fraction of sp³-hybridized carbons (Fsp3) is 0.308. The van der Waals surface area contributed by atoms with E-state index in [4.69, 9.17) is 14.5 Å². The molecule has 2 aromatic heterocycles. The average molecular weight is 497 g/mol. The molecule has 0 amide bonds. The Morgan fingerprint density at radius 1 is 1.18 bits per heavy atom. The lowest BCUT2D eigenvalue weighted by Crippen LogP contribution is -2.23. The largest absolute Gasteiger partial charge is 0.497 e. The first kappa shape index (κ1) is 22.9. The van der Waals surface area contributed by atoms with Gasteiger partial charge in [-0.2, -0.15) is 0 Å². The van der Waals surface area contributed by atoms with E-state index in [1.54, 1.807) is 36.6 Å². The number of thiophene rings is 1. The Bertz CT molecular complexity index is 1380. The summed E-state index contributed by atoms with van der Waals surface area (Å²) in [5.41, 5.74) is 1.13. The zero-order valence-electron chi connectivity index (χ0n) is 19.0. The van der Waals surface area contributed by atoms with Gasteiger partial charge in [-0.3, -0.25) is 9.36 Å². The smallest absolute Gasteiger partial charge is 0.267 e. The molecule has 0 saturated heterocycles. The number of fused-ring (bicyclic) bond motifs is 3. The van der Waals surface area contributed by atoms with Crippen molar-refractivity contribution in [2.24, 2.45) is 5.92 Å². The van der Waals surface area contributed by atoms with Crippen molar-refractivity contribution in [3.63, 3.8) is 0 Å². The van der Waals surface area contributed by atoms with Crippen molar-refractivity contribution in [3.05, 3.63) is 75.1 Å². The molecule has 5 rings (SSSR count). The number of hydrogen-bond acceptors (Lipinski definition) is 6. The quantitative estimate of drug-likeness (QED) is 0.181. The standard InChI is InChI=1S/C26H25FN2O3S2/c1-16-7-12-19-22(15-16)34-24-23(19)25(30)29(21-6-4-3-5-20(21)27)26(28-24)33-14-13-32-18-10-8-17(31-2)9-11-18/h3-6,8-11,16H,7,12-15H2,1-2H3. The van der Waals surface area contributed by atoms with Gasteiger partial charge in [-0.05, 0) is 67.1 Å². The second-order valence-corrected chi connectivity index (χ2v) is 10.5. The first-order valence-corrected chi connectivity index (χ1v) is 13.1. The van der Waals surface area contributed by atoms with Crippen molar-refractivity contribution < 1.29 is 13.9 Å². The maximum Gasteiger partial charge on any atom is 0.267 e. The summed E-state index contributed by atoms with van der Waals surface area (Å²) < 4.78 is 27.2. The molecule has 1 atom stereocenters. The highest BCUT2D eigenvalue weighted by Crippen LogP contribution is 2.37. The van der Waals surface area contributed by atoms with Crippen molar-refractivity contribution in [2.45, 2.75) is 31.3 Å². The summed E-state index contributed by atoms with van der Waals surface area (Å²) in [6, 6.07) is 13.7. The molecule has 1 aliphatic carbocycles. The minimum absolute atomic E-state index is 0.194. The molecule has 2 heterocycles. The SMILES string of the molecule is COc1ccc(OCCSc2nc3sc4c(c3c(=O)n2-c2ccccc2F)CCC(C)C4)cc1. The monoisotopic (exact) mass is 496 g/mol. The first-order chi connectivity index (χ1) is 16.5. The van der Waals surface area contributed by atoms with Gasteiger partial charge >= 0.3 is 0 Å². The van der Waals surface area contributed by atoms with Crippen molar-refractivity contribution in [1.29, 1.82) is 0 Å². The van der Waals surface area contributed by atoms with E-state index in [1.807, 2.05) is 24.3 Å². The van der Waals surface area contributed by atoms with E-state index in [9.17, 15) is 9.18 Å². The molecule has 176 valence electrons. The van der Waals surface area contributed by atoms with E-state index in [0.717, 1.165) is 41.2 Å². The number of thioether (sulfide) groups is 1. The van der Waals surface area contributed by atoms with Gasteiger partial charge < -0.3 is 9.47 Å². The number of para-hydroxylation sites is 1. The second kappa shape index (κ2) is 9.80. The van der Waals surface area contributed by atoms with E-state index in [2.05, 4.69) is 6.92 Å². The molecule has 1 aliphatic rings. The van der Waals surface area contributed by atoms with Gasteiger partial charge in [-0.25, -0.2) is 9.37 Å². The van der Waals surface area contributed by atoms with E-state index < -0.39 is 5.82 Å². The van der Waals surface area contributed by atoms with Gasteiger partial charge in [0.25, 0.3) is 5.56 Å². The van der Waals surface area contributed by atoms with Crippen LogP contribution in [0.2, 0.25) is 0 Å². The fourth-order valence-corrected chi connectivity index (χ4v) is 6.52. The lowest BCUT2D eigenvalue weighted by Gasteiger charge is -2.18. The molecule has 0 radical (unpaired) electrons. The Morgan fingerprint density at radius 2 is 1.94 bits per heavy atom. The summed E-state index contributed by atoms with van der Waals surface area (Å²) in [7, 11) is 1.62. The maximum absolute atomic E-state index is 14.8. The average Bonchev–Trinajstić information content (AvgIpc) is 3.20. The normalized spacial score (nSPS) is 15.3. The predicted octanol–water partition coefficient (Wildman–Crippen LogP) is 5.89. The number of nitrogens with zero attached hydrogens (tertiary/aromatic N) is 2. The molecule has 34 heavy (non-hydrogen) atoms. The van der Waals surface area contributed by atoms with Crippen LogP contribution >= 0.6 is 23.1 Å². The van der Waals surface area contributed by atoms with Crippen molar-refractivity contribution in [3.8, 4) is 17.2 Å². The molecule has 0 spiro atoms. The summed E-state index contributed by atoms with van der Waals surface area (Å²) >= 11 is 3.00. The Balaban J connectivity index is 1.47. The van der Waals surface area contributed by atoms with Crippen LogP contribution in [0, 0.1) is 11.7 Å². The van der Waals surface area contributed by atoms with Gasteiger partial charge in [0.2, 0.25) is 0 Å². The Hall–Kier alpha value is -2.84. The third-order valence-corrected chi connectivity index (χ3v) is 8.09. The van der Waals surface area contributed by atoms with Gasteiger partial charge in [-0.15, -0.1) is 11.3 Å². The van der Waals surface area contributed by atoms with Crippen molar-refractivity contribution >= 4 is 33.3 Å². The van der Waals surface area contributed by atoms with Crippen LogP contribution in [-0.4, -0.2) is 29.0 Å². The van der Waals surface area contributed by atoms with Gasteiger partial charge in [0.05, 0.1) is 24.8 Å². The molecular formula is C26H25FN2O3S2. The third-order valence-electron chi connectivity index (χ3n) is 6.03. The van der Waals surface area contributed by atoms with Crippen LogP contribution in [0.1, 0.15) is 23.8 Å². The maximum atomic E-state index is 14.8. The molecule has 0 saturated carbocycles. The molecule has 1 unspecified atom stereocenters. The highest BCUT2D eigenvalue weighted by Gasteiger charge is 2.25. The second-order valence-electron chi connectivity index (χ2n) is 8.39. The van der Waals surface area contributed by atoms with Crippen molar-refractivity contribution in [2.75, 3.05) is 19.5 Å². The van der Waals surface area contributed by atoms with Crippen LogP contribution in [0.4, 0.5) is 4.39 Å². The summed E-state index contributed by atoms with van der Waals surface area (Å²) in [6.07, 6.45) is 2.89. The van der Waals surface area contributed by atoms with Crippen LogP contribution < -0.4 is 15.0 Å². The van der Waals surface area contributed by atoms with Gasteiger partial charge in [0.1, 0.15) is 22.1 Å². The van der Waals surface area contributed by atoms with Crippen LogP contribution in [0.5, 0.6) is 11.5 Å². The minimum Gasteiger partial charge on any atom is -0.497 e. The number of ether oxygens (including phenoxy) is 2. The Morgan fingerprint density at radius 3 is 2.71 bits per heavy atom. The zero-order chi connectivity index (χ0) is 23.7.